The van der Waals surface area contributed by atoms with Crippen molar-refractivity contribution < 1.29 is 14.6 Å². The number of hydrogen-bond donors (Lipinski definition) is 2. The van der Waals surface area contributed by atoms with Crippen molar-refractivity contribution in [1.82, 2.24) is 9.97 Å². The van der Waals surface area contributed by atoms with Crippen LogP contribution in [0.25, 0.3) is 0 Å². The van der Waals surface area contributed by atoms with Gasteiger partial charge in [-0.1, -0.05) is 13.8 Å². The summed E-state index contributed by atoms with van der Waals surface area (Å²) < 4.78 is 4.82. The number of carboxylic acid groups (broad SMARTS) is 1. The zero-order chi connectivity index (χ0) is 13.7. The number of aromatic nitrogens is 2. The van der Waals surface area contributed by atoms with Gasteiger partial charge in [0.05, 0.1) is 6.54 Å². The highest BCUT2D eigenvalue weighted by atomic mass is 16.5. The summed E-state index contributed by atoms with van der Waals surface area (Å²) >= 11 is 0. The van der Waals surface area contributed by atoms with Crippen LogP contribution in [0.1, 0.15) is 31.2 Å². The summed E-state index contributed by atoms with van der Waals surface area (Å²) in [5, 5.41) is 11.7. The molecule has 18 heavy (non-hydrogen) atoms. The molecule has 0 bridgehead atoms. The Kier molecular flexibility index (Phi) is 5.03. The van der Waals surface area contributed by atoms with Gasteiger partial charge >= 0.3 is 5.97 Å². The van der Waals surface area contributed by atoms with Crippen LogP contribution in [0.4, 0.5) is 5.95 Å². The van der Waals surface area contributed by atoms with Gasteiger partial charge in [-0.05, 0) is 18.9 Å². The lowest BCUT2D eigenvalue weighted by molar-refractivity contribution is -0.147. The second-order valence-corrected chi connectivity index (χ2v) is 4.36. The number of carbonyl (C=O) groups is 1. The summed E-state index contributed by atoms with van der Waals surface area (Å²) in [6.45, 7) is 6.10. The third-order valence-electron chi connectivity index (χ3n) is 2.47. The van der Waals surface area contributed by atoms with Crippen molar-refractivity contribution in [1.29, 1.82) is 0 Å². The molecule has 0 radical (unpaired) electrons. The molecule has 0 saturated heterocycles. The second-order valence-electron chi connectivity index (χ2n) is 4.36. The number of methoxy groups -OCH3 is 1. The summed E-state index contributed by atoms with van der Waals surface area (Å²) in [6.07, 6.45) is -0.906. The maximum atomic E-state index is 10.8. The van der Waals surface area contributed by atoms with Crippen molar-refractivity contribution in [2.45, 2.75) is 32.8 Å². The Labute approximate surface area is 106 Å². The molecule has 0 saturated carbocycles. The number of hydrogen-bond acceptors (Lipinski definition) is 5. The molecule has 1 unspecified atom stereocenters. The van der Waals surface area contributed by atoms with Gasteiger partial charge in [0.2, 0.25) is 5.95 Å². The van der Waals surface area contributed by atoms with Gasteiger partial charge in [-0.15, -0.1) is 0 Å². The van der Waals surface area contributed by atoms with Crippen LogP contribution in [0.15, 0.2) is 6.07 Å². The standard InChI is InChI=1S/C12H19N3O3/c1-7(2)9-5-8(3)14-12(15-9)13-6-10(18-4)11(16)17/h5,7,10H,6H2,1-4H3,(H,16,17)(H,13,14,15). The lowest BCUT2D eigenvalue weighted by atomic mass is 10.1. The SMILES string of the molecule is COC(CNc1nc(C)cc(C(C)C)n1)C(=O)O. The molecule has 0 aromatic carbocycles. The van der Waals surface area contributed by atoms with Crippen molar-refractivity contribution >= 4 is 11.9 Å². The number of ether oxygens (including phenoxy) is 1. The first-order valence-corrected chi connectivity index (χ1v) is 5.79. The van der Waals surface area contributed by atoms with E-state index in [0.29, 0.717) is 11.9 Å². The number of aryl methyl sites for hydroxylation is 1. The first kappa shape index (κ1) is 14.4. The predicted molar refractivity (Wildman–Crippen MR) is 67.8 cm³/mol. The van der Waals surface area contributed by atoms with Crippen molar-refractivity contribution in [3.8, 4) is 0 Å². The van der Waals surface area contributed by atoms with E-state index >= 15 is 0 Å². The van der Waals surface area contributed by atoms with Crippen LogP contribution >= 0.6 is 0 Å². The van der Waals surface area contributed by atoms with E-state index < -0.39 is 12.1 Å². The van der Waals surface area contributed by atoms with Crippen molar-refractivity contribution in [3.63, 3.8) is 0 Å². The first-order valence-electron chi connectivity index (χ1n) is 5.79. The molecular formula is C12H19N3O3. The van der Waals surface area contributed by atoms with Crippen molar-refractivity contribution in [2.75, 3.05) is 19.0 Å². The normalized spacial score (nSPS) is 12.5. The predicted octanol–water partition coefficient (Wildman–Crippen LogP) is 1.42. The second kappa shape index (κ2) is 6.30. The van der Waals surface area contributed by atoms with Gasteiger partial charge < -0.3 is 15.2 Å². The van der Waals surface area contributed by atoms with Crippen LogP contribution < -0.4 is 5.32 Å². The van der Waals surface area contributed by atoms with E-state index in [-0.39, 0.29) is 6.54 Å². The summed E-state index contributed by atoms with van der Waals surface area (Å²) in [7, 11) is 1.36. The maximum Gasteiger partial charge on any atom is 0.334 e. The van der Waals surface area contributed by atoms with Crippen LogP contribution in [-0.4, -0.2) is 40.8 Å². The Balaban J connectivity index is 2.75. The van der Waals surface area contributed by atoms with E-state index in [9.17, 15) is 4.79 Å². The summed E-state index contributed by atoms with van der Waals surface area (Å²) in [6, 6.07) is 1.92. The van der Waals surface area contributed by atoms with Gasteiger partial charge in [0.25, 0.3) is 0 Å². The molecule has 1 atom stereocenters. The van der Waals surface area contributed by atoms with Gasteiger partial charge in [0.15, 0.2) is 6.10 Å². The van der Waals surface area contributed by atoms with Crippen LogP contribution in [0.5, 0.6) is 0 Å². The molecule has 100 valence electrons. The molecule has 1 aromatic rings. The highest BCUT2D eigenvalue weighted by Gasteiger charge is 2.16. The number of nitrogens with zero attached hydrogens (tertiary/aromatic N) is 2. The van der Waals surface area contributed by atoms with Crippen LogP contribution in [0.2, 0.25) is 0 Å². The van der Waals surface area contributed by atoms with Crippen LogP contribution in [-0.2, 0) is 9.53 Å². The molecule has 1 rings (SSSR count). The average Bonchev–Trinajstić information content (AvgIpc) is 2.28. The Morgan fingerprint density at radius 2 is 2.17 bits per heavy atom. The molecule has 1 aromatic heterocycles. The minimum Gasteiger partial charge on any atom is -0.479 e. The van der Waals surface area contributed by atoms with Crippen molar-refractivity contribution in [3.05, 3.63) is 17.5 Å². The van der Waals surface area contributed by atoms with Gasteiger partial charge in [-0.2, -0.15) is 0 Å². The number of anilines is 1. The zero-order valence-electron chi connectivity index (χ0n) is 11.1. The Bertz CT molecular complexity index is 421. The molecule has 6 heteroatoms. The summed E-state index contributed by atoms with van der Waals surface area (Å²) in [5.74, 6) is -0.284. The lowest BCUT2D eigenvalue weighted by Crippen LogP contribution is -2.31. The fourth-order valence-corrected chi connectivity index (χ4v) is 1.42. The third-order valence-corrected chi connectivity index (χ3v) is 2.47. The Hall–Kier alpha value is -1.69. The van der Waals surface area contributed by atoms with E-state index in [1.165, 1.54) is 7.11 Å². The average molecular weight is 253 g/mol. The van der Waals surface area contributed by atoms with Crippen molar-refractivity contribution in [2.24, 2.45) is 0 Å². The van der Waals surface area contributed by atoms with Gasteiger partial charge in [0, 0.05) is 18.5 Å². The molecule has 0 spiro atoms. The van der Waals surface area contributed by atoms with Crippen LogP contribution in [0.3, 0.4) is 0 Å². The number of aliphatic carboxylic acids is 1. The minimum absolute atomic E-state index is 0.132. The zero-order valence-corrected chi connectivity index (χ0v) is 11.1. The van der Waals surface area contributed by atoms with E-state index in [4.69, 9.17) is 9.84 Å². The smallest absolute Gasteiger partial charge is 0.334 e. The number of rotatable bonds is 6. The molecule has 2 N–H and O–H groups in total. The topological polar surface area (TPSA) is 84.3 Å². The van der Waals surface area contributed by atoms with E-state index in [1.54, 1.807) is 0 Å². The van der Waals surface area contributed by atoms with E-state index in [1.807, 2.05) is 26.8 Å². The fourth-order valence-electron chi connectivity index (χ4n) is 1.42. The number of carboxylic acids is 1. The monoisotopic (exact) mass is 253 g/mol. The third kappa shape index (κ3) is 3.96. The molecule has 0 aliphatic carbocycles. The molecule has 0 aliphatic rings. The fraction of sp³-hybridized carbons (Fsp3) is 0.583. The molecule has 1 heterocycles. The summed E-state index contributed by atoms with van der Waals surface area (Å²) in [5.41, 5.74) is 1.77. The van der Waals surface area contributed by atoms with Gasteiger partial charge in [0.1, 0.15) is 0 Å². The highest BCUT2D eigenvalue weighted by Crippen LogP contribution is 2.14. The molecule has 0 aliphatic heterocycles. The quantitative estimate of drug-likeness (QED) is 0.797. The molecular weight excluding hydrogens is 234 g/mol. The Morgan fingerprint density at radius 1 is 1.50 bits per heavy atom. The molecule has 0 fully saturated rings. The van der Waals surface area contributed by atoms with Crippen LogP contribution in [0, 0.1) is 6.92 Å². The maximum absolute atomic E-state index is 10.8. The minimum atomic E-state index is -1.01. The van der Waals surface area contributed by atoms with Gasteiger partial charge in [-0.3, -0.25) is 0 Å². The van der Waals surface area contributed by atoms with E-state index in [2.05, 4.69) is 15.3 Å². The highest BCUT2D eigenvalue weighted by molar-refractivity contribution is 5.73. The summed E-state index contributed by atoms with van der Waals surface area (Å²) in [4.78, 5) is 19.3. The Morgan fingerprint density at radius 3 is 2.67 bits per heavy atom. The molecule has 0 amide bonds. The lowest BCUT2D eigenvalue weighted by Gasteiger charge is -2.13. The van der Waals surface area contributed by atoms with E-state index in [0.717, 1.165) is 11.4 Å². The number of nitrogens with one attached hydrogen (secondary N) is 1. The first-order chi connectivity index (χ1) is 8.43. The molecule has 6 nitrogen and oxygen atoms in total. The van der Waals surface area contributed by atoms with Gasteiger partial charge in [-0.25, -0.2) is 14.8 Å². The largest absolute Gasteiger partial charge is 0.479 e.